The summed E-state index contributed by atoms with van der Waals surface area (Å²) in [4.78, 5) is 4.46. The smallest absolute Gasteiger partial charge is 0.107 e. The van der Waals surface area contributed by atoms with Crippen molar-refractivity contribution in [3.05, 3.63) is 16.1 Å². The molecule has 1 aliphatic rings. The Kier molecular flexibility index (Phi) is 2.88. The lowest BCUT2D eigenvalue weighted by molar-refractivity contribution is 0.175. The van der Waals surface area contributed by atoms with Gasteiger partial charge in [-0.2, -0.15) is 0 Å². The topological polar surface area (TPSA) is 24.9 Å². The van der Waals surface area contributed by atoms with Crippen LogP contribution in [0.25, 0.3) is 0 Å². The molecule has 1 saturated carbocycles. The zero-order valence-corrected chi connectivity index (χ0v) is 9.78. The molecule has 2 rings (SSSR count). The van der Waals surface area contributed by atoms with Gasteiger partial charge in [-0.3, -0.25) is 0 Å². The van der Waals surface area contributed by atoms with Crippen LogP contribution in [-0.4, -0.2) is 10.5 Å². The van der Waals surface area contributed by atoms with E-state index in [4.69, 9.17) is 0 Å². The lowest BCUT2D eigenvalue weighted by Crippen LogP contribution is -2.49. The van der Waals surface area contributed by atoms with Gasteiger partial charge >= 0.3 is 0 Å². The molecule has 1 aromatic rings. The first-order valence-electron chi connectivity index (χ1n) is 5.40. The van der Waals surface area contributed by atoms with Gasteiger partial charge in [0.05, 0.1) is 0 Å². The average molecular weight is 210 g/mol. The van der Waals surface area contributed by atoms with Gasteiger partial charge in [0.15, 0.2) is 0 Å². The fourth-order valence-electron chi connectivity index (χ4n) is 2.01. The van der Waals surface area contributed by atoms with Gasteiger partial charge in [-0.1, -0.05) is 6.92 Å². The Morgan fingerprint density at radius 3 is 2.79 bits per heavy atom. The highest BCUT2D eigenvalue weighted by Gasteiger charge is 2.34. The Morgan fingerprint density at radius 1 is 1.57 bits per heavy atom. The van der Waals surface area contributed by atoms with Crippen molar-refractivity contribution in [3.63, 3.8) is 0 Å². The summed E-state index contributed by atoms with van der Waals surface area (Å²) >= 11 is 1.76. The van der Waals surface area contributed by atoms with Crippen molar-refractivity contribution >= 4 is 11.3 Å². The zero-order valence-electron chi connectivity index (χ0n) is 8.97. The molecule has 3 heteroatoms. The number of aryl methyl sites for hydroxylation is 1. The lowest BCUT2D eigenvalue weighted by Gasteiger charge is -2.42. The van der Waals surface area contributed by atoms with Crippen LogP contribution in [0.3, 0.4) is 0 Å². The third-order valence-electron chi connectivity index (χ3n) is 3.27. The van der Waals surface area contributed by atoms with E-state index >= 15 is 0 Å². The Hall–Kier alpha value is -0.410. The van der Waals surface area contributed by atoms with Crippen LogP contribution in [0.5, 0.6) is 0 Å². The molecule has 0 aromatic carbocycles. The summed E-state index contributed by atoms with van der Waals surface area (Å²) < 4.78 is 0. The van der Waals surface area contributed by atoms with Crippen LogP contribution in [0.1, 0.15) is 43.3 Å². The SMILES string of the molecule is CCC1(NCc2nc(C)cs2)CCC1. The van der Waals surface area contributed by atoms with Crippen LogP contribution < -0.4 is 5.32 Å². The van der Waals surface area contributed by atoms with Crippen molar-refractivity contribution in [1.82, 2.24) is 10.3 Å². The van der Waals surface area contributed by atoms with Gasteiger partial charge in [-0.25, -0.2) is 4.98 Å². The predicted octanol–water partition coefficient (Wildman–Crippen LogP) is 2.87. The molecule has 1 fully saturated rings. The molecule has 78 valence electrons. The summed E-state index contributed by atoms with van der Waals surface area (Å²) in [5.41, 5.74) is 1.59. The first-order chi connectivity index (χ1) is 6.74. The molecule has 1 aromatic heterocycles. The predicted molar refractivity (Wildman–Crippen MR) is 60.6 cm³/mol. The first-order valence-corrected chi connectivity index (χ1v) is 6.28. The minimum Gasteiger partial charge on any atom is -0.305 e. The lowest BCUT2D eigenvalue weighted by atomic mass is 9.75. The number of hydrogen-bond donors (Lipinski definition) is 1. The molecule has 0 atom stereocenters. The number of thiazole rings is 1. The molecule has 2 nitrogen and oxygen atoms in total. The quantitative estimate of drug-likeness (QED) is 0.826. The molecule has 1 aliphatic carbocycles. The van der Waals surface area contributed by atoms with Crippen molar-refractivity contribution in [3.8, 4) is 0 Å². The van der Waals surface area contributed by atoms with Crippen molar-refractivity contribution in [2.75, 3.05) is 0 Å². The highest BCUT2D eigenvalue weighted by Crippen LogP contribution is 2.34. The minimum atomic E-state index is 0.444. The molecular weight excluding hydrogens is 192 g/mol. The molecule has 0 spiro atoms. The van der Waals surface area contributed by atoms with Crippen LogP contribution in [0.4, 0.5) is 0 Å². The number of rotatable bonds is 4. The third kappa shape index (κ3) is 1.98. The standard InChI is InChI=1S/C11H18N2S/c1-3-11(5-4-6-11)12-7-10-13-9(2)8-14-10/h8,12H,3-7H2,1-2H3. The fraction of sp³-hybridized carbons (Fsp3) is 0.727. The van der Waals surface area contributed by atoms with Crippen molar-refractivity contribution in [1.29, 1.82) is 0 Å². The number of aromatic nitrogens is 1. The van der Waals surface area contributed by atoms with Gasteiger partial charge in [0, 0.05) is 23.2 Å². The Labute approximate surface area is 89.8 Å². The molecule has 1 N–H and O–H groups in total. The molecule has 1 heterocycles. The van der Waals surface area contributed by atoms with E-state index in [2.05, 4.69) is 29.5 Å². The van der Waals surface area contributed by atoms with E-state index in [1.54, 1.807) is 11.3 Å². The van der Waals surface area contributed by atoms with E-state index in [0.29, 0.717) is 5.54 Å². The summed E-state index contributed by atoms with van der Waals surface area (Å²) in [5.74, 6) is 0. The van der Waals surface area contributed by atoms with Crippen LogP contribution >= 0.6 is 11.3 Å². The second-order valence-corrected chi connectivity index (χ2v) is 5.17. The van der Waals surface area contributed by atoms with Crippen LogP contribution in [-0.2, 0) is 6.54 Å². The molecule has 0 aliphatic heterocycles. The maximum atomic E-state index is 4.46. The summed E-state index contributed by atoms with van der Waals surface area (Å²) in [6, 6.07) is 0. The summed E-state index contributed by atoms with van der Waals surface area (Å²) in [7, 11) is 0. The first kappa shape index (κ1) is 10.1. The molecule has 0 unspecified atom stereocenters. The Bertz CT molecular complexity index is 296. The van der Waals surface area contributed by atoms with Crippen LogP contribution in [0, 0.1) is 6.92 Å². The number of hydrogen-bond acceptors (Lipinski definition) is 3. The highest BCUT2D eigenvalue weighted by molar-refractivity contribution is 7.09. The van der Waals surface area contributed by atoms with Gasteiger partial charge in [0.25, 0.3) is 0 Å². The molecule has 0 amide bonds. The second-order valence-electron chi connectivity index (χ2n) is 4.22. The van der Waals surface area contributed by atoms with Gasteiger partial charge in [0.2, 0.25) is 0 Å². The molecule has 14 heavy (non-hydrogen) atoms. The van der Waals surface area contributed by atoms with Crippen molar-refractivity contribution in [2.24, 2.45) is 0 Å². The van der Waals surface area contributed by atoms with Crippen molar-refractivity contribution < 1.29 is 0 Å². The Morgan fingerprint density at radius 2 is 2.36 bits per heavy atom. The summed E-state index contributed by atoms with van der Waals surface area (Å²) in [6.07, 6.45) is 5.32. The van der Waals surface area contributed by atoms with Gasteiger partial charge in [-0.15, -0.1) is 11.3 Å². The zero-order chi connectivity index (χ0) is 10.0. The van der Waals surface area contributed by atoms with Crippen molar-refractivity contribution in [2.45, 2.75) is 51.6 Å². The van der Waals surface area contributed by atoms with Gasteiger partial charge in [-0.05, 0) is 32.6 Å². The van der Waals surface area contributed by atoms with Crippen LogP contribution in [0.15, 0.2) is 5.38 Å². The average Bonchev–Trinajstić information content (AvgIpc) is 2.50. The summed E-state index contributed by atoms with van der Waals surface area (Å²) in [5, 5.41) is 7.01. The monoisotopic (exact) mass is 210 g/mol. The van der Waals surface area contributed by atoms with Crippen LogP contribution in [0.2, 0.25) is 0 Å². The third-order valence-corrected chi connectivity index (χ3v) is 4.24. The van der Waals surface area contributed by atoms with E-state index in [1.165, 1.54) is 30.7 Å². The largest absolute Gasteiger partial charge is 0.305 e. The summed E-state index contributed by atoms with van der Waals surface area (Å²) in [6.45, 7) is 5.28. The van der Waals surface area contributed by atoms with Gasteiger partial charge < -0.3 is 5.32 Å². The number of nitrogens with one attached hydrogen (secondary N) is 1. The van der Waals surface area contributed by atoms with E-state index < -0.39 is 0 Å². The molecular formula is C11H18N2S. The fourth-order valence-corrected chi connectivity index (χ4v) is 2.72. The number of nitrogens with zero attached hydrogens (tertiary/aromatic N) is 1. The van der Waals surface area contributed by atoms with Gasteiger partial charge in [0.1, 0.15) is 5.01 Å². The van der Waals surface area contributed by atoms with E-state index in [-0.39, 0.29) is 0 Å². The van der Waals surface area contributed by atoms with E-state index in [9.17, 15) is 0 Å². The highest BCUT2D eigenvalue weighted by atomic mass is 32.1. The second kappa shape index (κ2) is 3.99. The normalized spacial score (nSPS) is 19.3. The maximum Gasteiger partial charge on any atom is 0.107 e. The maximum absolute atomic E-state index is 4.46. The Balaban J connectivity index is 1.87. The minimum absolute atomic E-state index is 0.444. The molecule has 0 bridgehead atoms. The van der Waals surface area contributed by atoms with E-state index in [0.717, 1.165) is 12.2 Å². The molecule has 0 saturated heterocycles. The molecule has 0 radical (unpaired) electrons. The van der Waals surface area contributed by atoms with E-state index in [1.807, 2.05) is 0 Å².